The van der Waals surface area contributed by atoms with Crippen LogP contribution in [0, 0.1) is 11.8 Å². The zero-order valence-corrected chi connectivity index (χ0v) is 37.0. The molecule has 1 aliphatic heterocycles. The highest BCUT2D eigenvalue weighted by Crippen LogP contribution is 2.20. The first-order valence-corrected chi connectivity index (χ1v) is 21.0. The van der Waals surface area contributed by atoms with Crippen LogP contribution in [0.25, 0.3) is 0 Å². The quantitative estimate of drug-likeness (QED) is 0.0346. The number of carbonyl (C=O) groups excluding carboxylic acids is 8. The Morgan fingerprint density at radius 3 is 1.75 bits per heavy atom. The van der Waals surface area contributed by atoms with Crippen molar-refractivity contribution in [2.75, 3.05) is 19.6 Å². The number of likely N-dealkylation sites (tertiary alicyclic amines) is 1. The Labute approximate surface area is 366 Å². The Balaban J connectivity index is 3.19. The van der Waals surface area contributed by atoms with Crippen LogP contribution in [0.3, 0.4) is 0 Å². The minimum absolute atomic E-state index is 0.00593. The Kier molecular flexibility index (Phi) is 23.7. The minimum Gasteiger partial charge on any atom is -0.481 e. The van der Waals surface area contributed by atoms with Crippen molar-refractivity contribution >= 4 is 59.2 Å². The Morgan fingerprint density at radius 2 is 1.22 bits per heavy atom. The second-order valence-electron chi connectivity index (χ2n) is 16.5. The van der Waals surface area contributed by atoms with Crippen molar-refractivity contribution in [2.24, 2.45) is 23.3 Å². The van der Waals surface area contributed by atoms with Gasteiger partial charge in [0.2, 0.25) is 47.3 Å². The zero-order chi connectivity index (χ0) is 48.3. The normalized spacial score (nSPS) is 18.0. The molecule has 8 amide bonds. The number of hydrogen-bond donors (Lipinski definition) is 13. The Hall–Kier alpha value is -5.46. The first-order chi connectivity index (χ1) is 29.3. The number of aliphatic hydroxyl groups excluding tert-OH is 2. The van der Waals surface area contributed by atoms with Gasteiger partial charge in [0.15, 0.2) is 0 Å². The van der Waals surface area contributed by atoms with E-state index >= 15 is 0 Å². The molecule has 0 saturated carbocycles. The molecule has 1 heterocycles. The Morgan fingerprint density at radius 1 is 0.683 bits per heavy atom. The Bertz CT molecular complexity index is 1630. The van der Waals surface area contributed by atoms with E-state index in [-0.39, 0.29) is 25.3 Å². The number of nitrogens with zero attached hydrogens (tertiary/aromatic N) is 1. The van der Waals surface area contributed by atoms with Gasteiger partial charge in [-0.2, -0.15) is 0 Å². The van der Waals surface area contributed by atoms with E-state index in [2.05, 4.69) is 37.2 Å². The third-order valence-electron chi connectivity index (χ3n) is 10.0. The molecule has 0 aromatic heterocycles. The van der Waals surface area contributed by atoms with Crippen LogP contribution in [-0.4, -0.2) is 165 Å². The second-order valence-corrected chi connectivity index (χ2v) is 16.5. The van der Waals surface area contributed by atoms with Crippen molar-refractivity contribution < 1.29 is 68.4 Å². The summed E-state index contributed by atoms with van der Waals surface area (Å²) in [7, 11) is 0. The summed E-state index contributed by atoms with van der Waals surface area (Å²) < 4.78 is 0. The highest BCUT2D eigenvalue weighted by molar-refractivity contribution is 5.99. The van der Waals surface area contributed by atoms with Crippen molar-refractivity contribution in [3.05, 3.63) is 0 Å². The second kappa shape index (κ2) is 26.9. The molecular formula is C39H68N10O14. The van der Waals surface area contributed by atoms with Crippen LogP contribution in [0.4, 0.5) is 0 Å². The average Bonchev–Trinajstić information content (AvgIpc) is 3.68. The summed E-state index contributed by atoms with van der Waals surface area (Å²) in [5, 5.41) is 56.2. The van der Waals surface area contributed by atoms with Crippen molar-refractivity contribution in [3.63, 3.8) is 0 Å². The van der Waals surface area contributed by atoms with E-state index in [1.807, 2.05) is 0 Å². The van der Waals surface area contributed by atoms with Crippen LogP contribution in [-0.2, 0) is 47.9 Å². The number of rotatable bonds is 27. The number of nitrogens with one attached hydrogen (secondary N) is 7. The molecule has 358 valence electrons. The highest BCUT2D eigenvalue weighted by Gasteiger charge is 2.41. The lowest BCUT2D eigenvalue weighted by Gasteiger charge is -2.31. The maximum absolute atomic E-state index is 13.7. The molecule has 0 radical (unpaired) electrons. The first kappa shape index (κ1) is 55.6. The van der Waals surface area contributed by atoms with Gasteiger partial charge in [-0.05, 0) is 71.3 Å². The van der Waals surface area contributed by atoms with Crippen molar-refractivity contribution in [3.8, 4) is 0 Å². The molecule has 0 spiro atoms. The summed E-state index contributed by atoms with van der Waals surface area (Å²) in [6, 6.07) is -11.3. The van der Waals surface area contributed by atoms with E-state index in [1.165, 1.54) is 27.7 Å². The van der Waals surface area contributed by atoms with E-state index in [9.17, 15) is 63.3 Å². The summed E-state index contributed by atoms with van der Waals surface area (Å²) in [5.74, 6) is -11.0. The van der Waals surface area contributed by atoms with E-state index in [4.69, 9.17) is 16.6 Å². The molecule has 1 rings (SSSR count). The molecule has 0 unspecified atom stereocenters. The third-order valence-corrected chi connectivity index (χ3v) is 10.0. The van der Waals surface area contributed by atoms with Crippen LogP contribution < -0.4 is 48.7 Å². The lowest BCUT2D eigenvalue weighted by Crippen LogP contribution is -2.63. The highest BCUT2D eigenvalue weighted by atomic mass is 16.4. The molecule has 10 atom stereocenters. The van der Waals surface area contributed by atoms with Crippen molar-refractivity contribution in [2.45, 2.75) is 154 Å². The third kappa shape index (κ3) is 18.8. The van der Waals surface area contributed by atoms with Crippen LogP contribution in [0.1, 0.15) is 93.4 Å². The molecule has 63 heavy (non-hydrogen) atoms. The smallest absolute Gasteiger partial charge is 0.325 e. The standard InChI is InChI=1S/C39H68N10O14/c1-18(2)15-24(44-32(55)23(41)11-8-9-13-40)33(56)47-30(21(6)50)37(60)46-29(19(3)4)36(59)45-25(16-28(53)54)34(57)48-31(22(7)51)38(61)49-14-10-12-26(49)35(58)42-17-27(52)43-20(5)39(62)63/h18-26,29-31,50-51H,8-17,40-41H2,1-7H3,(H,42,58)(H,43,52)(H,44,55)(H,45,59)(H,46,60)(H,47,56)(H,48,57)(H,53,54)(H,62,63)/t20-,21+,22+,23-,24-,25-,26-,29-,30-,31-/m0/s1. The molecule has 0 aromatic carbocycles. The van der Waals surface area contributed by atoms with E-state index in [0.717, 1.165) is 11.8 Å². The van der Waals surface area contributed by atoms with Gasteiger partial charge in [0.25, 0.3) is 0 Å². The van der Waals surface area contributed by atoms with Gasteiger partial charge in [-0.15, -0.1) is 0 Å². The molecule has 0 bridgehead atoms. The number of carboxylic acid groups (broad SMARTS) is 2. The first-order valence-electron chi connectivity index (χ1n) is 21.0. The number of aliphatic hydroxyl groups is 2. The zero-order valence-electron chi connectivity index (χ0n) is 37.0. The molecule has 0 aromatic rings. The van der Waals surface area contributed by atoms with E-state index in [1.54, 1.807) is 13.8 Å². The molecule has 15 N–H and O–H groups in total. The maximum Gasteiger partial charge on any atom is 0.325 e. The SMILES string of the molecule is CC(C)C[C@H](NC(=O)[C@@H](N)CCCCN)C(=O)N[C@H](C(=O)N[C@H](C(=O)N[C@@H](CC(=O)O)C(=O)N[C@H](C(=O)N1CCC[C@H]1C(=O)NCC(=O)N[C@@H](C)C(=O)O)[C@@H](C)O)C(C)C)[C@@H](C)O. The van der Waals surface area contributed by atoms with Crippen LogP contribution >= 0.6 is 0 Å². The molecular weight excluding hydrogens is 832 g/mol. The van der Waals surface area contributed by atoms with Crippen LogP contribution in [0.15, 0.2) is 0 Å². The summed E-state index contributed by atoms with van der Waals surface area (Å²) in [4.78, 5) is 130. The number of amides is 8. The number of unbranched alkanes of at least 4 members (excludes halogenated alkanes) is 1. The van der Waals surface area contributed by atoms with Crippen molar-refractivity contribution in [1.82, 2.24) is 42.1 Å². The van der Waals surface area contributed by atoms with Gasteiger partial charge in [-0.1, -0.05) is 34.1 Å². The lowest BCUT2D eigenvalue weighted by molar-refractivity contribution is -0.145. The molecule has 0 aliphatic carbocycles. The molecule has 24 heteroatoms. The largest absolute Gasteiger partial charge is 0.481 e. The molecule has 1 saturated heterocycles. The van der Waals surface area contributed by atoms with Crippen molar-refractivity contribution in [1.29, 1.82) is 0 Å². The number of nitrogens with two attached hydrogens (primary N) is 2. The van der Waals surface area contributed by atoms with Crippen LogP contribution in [0.5, 0.6) is 0 Å². The van der Waals surface area contributed by atoms with Gasteiger partial charge in [0.1, 0.15) is 42.3 Å². The van der Waals surface area contributed by atoms with Gasteiger partial charge < -0.3 is 74.0 Å². The predicted molar refractivity (Wildman–Crippen MR) is 223 cm³/mol. The number of aliphatic carboxylic acids is 2. The summed E-state index contributed by atoms with van der Waals surface area (Å²) >= 11 is 0. The van der Waals surface area contributed by atoms with Gasteiger partial charge in [0, 0.05) is 6.54 Å². The van der Waals surface area contributed by atoms with Gasteiger partial charge in [0.05, 0.1) is 31.2 Å². The fraction of sp³-hybridized carbons (Fsp3) is 0.744. The minimum atomic E-state index is -1.89. The number of carbonyl (C=O) groups is 10. The number of carboxylic acids is 2. The van der Waals surface area contributed by atoms with Crippen LogP contribution in [0.2, 0.25) is 0 Å². The molecule has 1 aliphatic rings. The topological polar surface area (TPSA) is 391 Å². The summed E-state index contributed by atoms with van der Waals surface area (Å²) in [6.07, 6.45) is -2.06. The summed E-state index contributed by atoms with van der Waals surface area (Å²) in [6.45, 7) is 9.96. The predicted octanol–water partition coefficient (Wildman–Crippen LogP) is -4.50. The summed E-state index contributed by atoms with van der Waals surface area (Å²) in [5.41, 5.74) is 11.5. The molecule has 1 fully saturated rings. The fourth-order valence-electron chi connectivity index (χ4n) is 6.47. The fourth-order valence-corrected chi connectivity index (χ4v) is 6.47. The lowest BCUT2D eigenvalue weighted by atomic mass is 10.00. The number of hydrogen-bond acceptors (Lipinski definition) is 14. The van der Waals surface area contributed by atoms with E-state index < -0.39 is 139 Å². The maximum atomic E-state index is 13.7. The van der Waals surface area contributed by atoms with Gasteiger partial charge in [-0.25, -0.2) is 0 Å². The molecule has 24 nitrogen and oxygen atoms in total. The van der Waals surface area contributed by atoms with Gasteiger partial charge >= 0.3 is 11.9 Å². The van der Waals surface area contributed by atoms with Gasteiger partial charge in [-0.3, -0.25) is 47.9 Å². The average molecular weight is 901 g/mol. The van der Waals surface area contributed by atoms with E-state index in [0.29, 0.717) is 32.2 Å². The monoisotopic (exact) mass is 900 g/mol.